The van der Waals surface area contributed by atoms with E-state index in [0.717, 1.165) is 17.0 Å². The molecule has 82 valence electrons. The lowest BCUT2D eigenvalue weighted by Gasteiger charge is -1.96. The van der Waals surface area contributed by atoms with E-state index in [1.54, 1.807) is 11.0 Å². The Labute approximate surface area is 94.4 Å². The van der Waals surface area contributed by atoms with Crippen LogP contribution in [0.4, 0.5) is 0 Å². The molecule has 16 heavy (non-hydrogen) atoms. The zero-order valence-electron chi connectivity index (χ0n) is 9.17. The second-order valence-electron chi connectivity index (χ2n) is 3.59. The Hall–Kier alpha value is -1.94. The minimum absolute atomic E-state index is 0.540. The van der Waals surface area contributed by atoms with Crippen LogP contribution in [-0.4, -0.2) is 21.5 Å². The molecule has 4 heteroatoms. The number of nitrogens with two attached hydrogens (primary N) is 1. The van der Waals surface area contributed by atoms with Crippen LogP contribution in [0.25, 0.3) is 11.8 Å². The first kappa shape index (κ1) is 10.6. The minimum Gasteiger partial charge on any atom is -0.327 e. The molecule has 0 bridgehead atoms. The molecule has 0 saturated heterocycles. The number of hydrogen-bond acceptors (Lipinski definition) is 3. The van der Waals surface area contributed by atoms with Crippen LogP contribution >= 0.6 is 0 Å². The molecule has 2 rings (SSSR count). The van der Waals surface area contributed by atoms with Crippen LogP contribution in [0.3, 0.4) is 0 Å². The van der Waals surface area contributed by atoms with Gasteiger partial charge in [0.2, 0.25) is 0 Å². The lowest BCUT2D eigenvalue weighted by molar-refractivity contribution is 0.750. The van der Waals surface area contributed by atoms with Crippen LogP contribution in [0.2, 0.25) is 0 Å². The fraction of sp³-hybridized carbons (Fsp3) is 0.167. The van der Waals surface area contributed by atoms with E-state index in [2.05, 4.69) is 10.2 Å². The van der Waals surface area contributed by atoms with Crippen molar-refractivity contribution in [2.75, 3.05) is 6.54 Å². The summed E-state index contributed by atoms with van der Waals surface area (Å²) in [6.07, 6.45) is 3.67. The Kier molecular flexibility index (Phi) is 3.12. The number of nitrogens with zero attached hydrogens (tertiary/aromatic N) is 3. The minimum atomic E-state index is 0.540. The number of benzene rings is 1. The summed E-state index contributed by atoms with van der Waals surface area (Å²) in [6, 6.07) is 9.80. The van der Waals surface area contributed by atoms with E-state index in [4.69, 9.17) is 5.73 Å². The maximum absolute atomic E-state index is 5.51. The predicted octanol–water partition coefficient (Wildman–Crippen LogP) is 1.63. The summed E-state index contributed by atoms with van der Waals surface area (Å²) in [7, 11) is 0. The summed E-state index contributed by atoms with van der Waals surface area (Å²) in [5.41, 5.74) is 8.38. The van der Waals surface area contributed by atoms with Crippen LogP contribution in [0, 0.1) is 0 Å². The standard InChI is InChI=1S/C12H14N4/c1-10(8-13)7-11-9-14-16(15-11)12-5-3-2-4-6-12/h2-7,9H,8,13H2,1H3. The summed E-state index contributed by atoms with van der Waals surface area (Å²) in [4.78, 5) is 1.61. The summed E-state index contributed by atoms with van der Waals surface area (Å²) in [5.74, 6) is 0. The molecule has 0 radical (unpaired) electrons. The highest BCUT2D eigenvalue weighted by Gasteiger charge is 1.99. The maximum Gasteiger partial charge on any atom is 0.106 e. The number of hydrogen-bond donors (Lipinski definition) is 1. The van der Waals surface area contributed by atoms with Crippen molar-refractivity contribution in [1.82, 2.24) is 15.0 Å². The van der Waals surface area contributed by atoms with Gasteiger partial charge in [-0.25, -0.2) is 0 Å². The Morgan fingerprint density at radius 3 is 2.81 bits per heavy atom. The van der Waals surface area contributed by atoms with Gasteiger partial charge in [0, 0.05) is 6.54 Å². The maximum atomic E-state index is 5.51. The molecule has 0 unspecified atom stereocenters. The first-order chi connectivity index (χ1) is 7.79. The zero-order chi connectivity index (χ0) is 11.4. The smallest absolute Gasteiger partial charge is 0.106 e. The SMILES string of the molecule is CC(=Cc1cnn(-c2ccccc2)n1)CN. The lowest BCUT2D eigenvalue weighted by atomic mass is 10.2. The molecule has 0 atom stereocenters. The van der Waals surface area contributed by atoms with E-state index in [-0.39, 0.29) is 0 Å². The summed E-state index contributed by atoms with van der Waals surface area (Å²) >= 11 is 0. The van der Waals surface area contributed by atoms with Gasteiger partial charge in [-0.3, -0.25) is 0 Å². The van der Waals surface area contributed by atoms with Crippen molar-refractivity contribution in [1.29, 1.82) is 0 Å². The van der Waals surface area contributed by atoms with Crippen LogP contribution < -0.4 is 5.73 Å². The first-order valence-corrected chi connectivity index (χ1v) is 5.14. The molecule has 2 N–H and O–H groups in total. The van der Waals surface area contributed by atoms with Crippen LogP contribution in [0.5, 0.6) is 0 Å². The van der Waals surface area contributed by atoms with E-state index in [0.29, 0.717) is 6.54 Å². The Balaban J connectivity index is 2.27. The first-order valence-electron chi connectivity index (χ1n) is 5.14. The van der Waals surface area contributed by atoms with Crippen LogP contribution in [0.1, 0.15) is 12.6 Å². The predicted molar refractivity (Wildman–Crippen MR) is 64.1 cm³/mol. The Morgan fingerprint density at radius 2 is 2.12 bits per heavy atom. The molecule has 1 aromatic carbocycles. The topological polar surface area (TPSA) is 56.7 Å². The molecule has 0 aliphatic carbocycles. The molecule has 0 aliphatic rings. The molecule has 2 aromatic rings. The van der Waals surface area contributed by atoms with Crippen molar-refractivity contribution in [3.63, 3.8) is 0 Å². The van der Waals surface area contributed by atoms with Gasteiger partial charge in [-0.2, -0.15) is 9.90 Å². The second kappa shape index (κ2) is 4.72. The second-order valence-corrected chi connectivity index (χ2v) is 3.59. The zero-order valence-corrected chi connectivity index (χ0v) is 9.17. The average Bonchev–Trinajstić information content (AvgIpc) is 2.78. The van der Waals surface area contributed by atoms with Crippen molar-refractivity contribution < 1.29 is 0 Å². The molecule has 0 amide bonds. The molecule has 0 fully saturated rings. The van der Waals surface area contributed by atoms with Crippen LogP contribution in [-0.2, 0) is 0 Å². The molecular weight excluding hydrogens is 200 g/mol. The molecule has 1 heterocycles. The highest BCUT2D eigenvalue weighted by atomic mass is 15.5. The van der Waals surface area contributed by atoms with Gasteiger partial charge < -0.3 is 5.73 Å². The van der Waals surface area contributed by atoms with Gasteiger partial charge in [0.1, 0.15) is 5.69 Å². The van der Waals surface area contributed by atoms with Crippen molar-refractivity contribution in [3.8, 4) is 5.69 Å². The highest BCUT2D eigenvalue weighted by Crippen LogP contribution is 2.06. The fourth-order valence-electron chi connectivity index (χ4n) is 1.34. The molecule has 4 nitrogen and oxygen atoms in total. The quantitative estimate of drug-likeness (QED) is 0.844. The van der Waals surface area contributed by atoms with Gasteiger partial charge in [0.05, 0.1) is 11.9 Å². The number of para-hydroxylation sites is 1. The fourth-order valence-corrected chi connectivity index (χ4v) is 1.34. The molecular formula is C12H14N4. The van der Waals surface area contributed by atoms with Gasteiger partial charge in [0.15, 0.2) is 0 Å². The Morgan fingerprint density at radius 1 is 1.38 bits per heavy atom. The largest absolute Gasteiger partial charge is 0.327 e. The summed E-state index contributed by atoms with van der Waals surface area (Å²) < 4.78 is 0. The van der Waals surface area contributed by atoms with Crippen molar-refractivity contribution in [2.45, 2.75) is 6.92 Å². The third-order valence-corrected chi connectivity index (χ3v) is 2.21. The van der Waals surface area contributed by atoms with Crippen LogP contribution in [0.15, 0.2) is 42.1 Å². The molecule has 0 saturated carbocycles. The van der Waals surface area contributed by atoms with Gasteiger partial charge in [-0.1, -0.05) is 23.8 Å². The monoisotopic (exact) mass is 214 g/mol. The van der Waals surface area contributed by atoms with E-state index in [1.807, 2.05) is 43.3 Å². The van der Waals surface area contributed by atoms with E-state index in [9.17, 15) is 0 Å². The van der Waals surface area contributed by atoms with E-state index < -0.39 is 0 Å². The van der Waals surface area contributed by atoms with Gasteiger partial charge >= 0.3 is 0 Å². The summed E-state index contributed by atoms with van der Waals surface area (Å²) in [6.45, 7) is 2.51. The van der Waals surface area contributed by atoms with Gasteiger partial charge in [0.25, 0.3) is 0 Å². The molecule has 1 aromatic heterocycles. The highest BCUT2D eigenvalue weighted by molar-refractivity contribution is 5.47. The van der Waals surface area contributed by atoms with E-state index >= 15 is 0 Å². The van der Waals surface area contributed by atoms with Crippen molar-refractivity contribution in [2.24, 2.45) is 5.73 Å². The average molecular weight is 214 g/mol. The van der Waals surface area contributed by atoms with Gasteiger partial charge in [-0.05, 0) is 25.1 Å². The number of aromatic nitrogens is 3. The molecule has 0 aliphatic heterocycles. The lowest BCUT2D eigenvalue weighted by Crippen LogP contribution is -2.00. The van der Waals surface area contributed by atoms with Crippen molar-refractivity contribution in [3.05, 3.63) is 47.8 Å². The Bertz CT molecular complexity index is 485. The molecule has 0 spiro atoms. The third kappa shape index (κ3) is 2.35. The van der Waals surface area contributed by atoms with E-state index in [1.165, 1.54) is 0 Å². The summed E-state index contributed by atoms with van der Waals surface area (Å²) in [5, 5.41) is 8.54. The normalized spacial score (nSPS) is 11.8. The number of rotatable bonds is 3. The van der Waals surface area contributed by atoms with Gasteiger partial charge in [-0.15, -0.1) is 5.10 Å². The third-order valence-electron chi connectivity index (χ3n) is 2.21. The van der Waals surface area contributed by atoms with Crippen molar-refractivity contribution >= 4 is 6.08 Å².